The quantitative estimate of drug-likeness (QED) is 0.523. The van der Waals surface area contributed by atoms with Crippen LogP contribution in [0.4, 0.5) is 5.69 Å². The lowest BCUT2D eigenvalue weighted by Gasteiger charge is -2.00. The molecule has 1 N–H and O–H groups in total. The summed E-state index contributed by atoms with van der Waals surface area (Å²) in [6.07, 6.45) is 2.41. The Morgan fingerprint density at radius 2 is 2.23 bits per heavy atom. The van der Waals surface area contributed by atoms with Gasteiger partial charge in [0, 0.05) is 12.6 Å². The molecule has 0 saturated heterocycles. The van der Waals surface area contributed by atoms with Gasteiger partial charge in [-0.25, -0.2) is 5.43 Å². The Balaban J connectivity index is 2.15. The second kappa shape index (κ2) is 6.54. The highest BCUT2D eigenvalue weighted by Crippen LogP contribution is 2.24. The highest BCUT2D eigenvalue weighted by atomic mass is 35.5. The molecule has 0 atom stereocenters. The highest BCUT2D eigenvalue weighted by molar-refractivity contribution is 6.43. The minimum absolute atomic E-state index is 0.283. The van der Waals surface area contributed by atoms with Crippen molar-refractivity contribution < 1.29 is 9.72 Å². The zero-order valence-corrected chi connectivity index (χ0v) is 12.7. The molecule has 0 aliphatic heterocycles. The Hall–Kier alpha value is -2.45. The third-order valence-electron chi connectivity index (χ3n) is 2.57. The van der Waals surface area contributed by atoms with Gasteiger partial charge in [-0.05, 0) is 6.07 Å². The first-order valence-electron chi connectivity index (χ1n) is 5.85. The molecule has 0 saturated carbocycles. The summed E-state index contributed by atoms with van der Waals surface area (Å²) in [7, 11) is 1.47. The molecular weight excluding hydrogens is 333 g/mol. The smallest absolute Gasteiger partial charge is 0.268 e. The molecule has 1 aromatic heterocycles. The average Bonchev–Trinajstić information content (AvgIpc) is 2.86. The lowest BCUT2D eigenvalue weighted by molar-refractivity contribution is -0.385. The molecule has 0 radical (unpaired) electrons. The fourth-order valence-corrected chi connectivity index (χ4v) is 1.96. The van der Waals surface area contributed by atoms with Crippen LogP contribution in [0.15, 0.2) is 29.5 Å². The lowest BCUT2D eigenvalue weighted by Crippen LogP contribution is -2.19. The lowest BCUT2D eigenvalue weighted by atomic mass is 10.2. The molecule has 1 aromatic carbocycles. The number of hydrogen-bond acceptors (Lipinski definition) is 5. The van der Waals surface area contributed by atoms with Crippen molar-refractivity contribution in [2.45, 2.75) is 0 Å². The van der Waals surface area contributed by atoms with Crippen molar-refractivity contribution in [3.05, 3.63) is 55.8 Å². The van der Waals surface area contributed by atoms with Crippen LogP contribution in [-0.2, 0) is 7.05 Å². The van der Waals surface area contributed by atoms with E-state index in [4.69, 9.17) is 23.2 Å². The monoisotopic (exact) mass is 341 g/mol. The fourth-order valence-electron chi connectivity index (χ4n) is 1.60. The number of halogens is 2. The largest absolute Gasteiger partial charge is 0.320 e. The van der Waals surface area contributed by atoms with E-state index < -0.39 is 16.5 Å². The standard InChI is InChI=1S/C12H9Cl2N5O3/c1-18-6-9(19(21)22)11(17-18)12(20)16-15-5-7-3-2-4-8(13)10(7)14/h2-6H,1H3,(H,16,20)/b15-5+. The van der Waals surface area contributed by atoms with Crippen molar-refractivity contribution in [3.8, 4) is 0 Å². The number of hydrazone groups is 1. The molecule has 0 aliphatic rings. The number of nitrogens with one attached hydrogen (secondary N) is 1. The second-order valence-corrected chi connectivity index (χ2v) is 4.92. The van der Waals surface area contributed by atoms with Crippen LogP contribution in [-0.4, -0.2) is 26.8 Å². The first kappa shape index (κ1) is 15.9. The number of amides is 1. The van der Waals surface area contributed by atoms with Gasteiger partial charge in [0.25, 0.3) is 5.91 Å². The van der Waals surface area contributed by atoms with Crippen LogP contribution in [0.5, 0.6) is 0 Å². The summed E-state index contributed by atoms with van der Waals surface area (Å²) >= 11 is 11.8. The molecule has 2 rings (SSSR count). The van der Waals surface area contributed by atoms with Crippen LogP contribution in [0.25, 0.3) is 0 Å². The van der Waals surface area contributed by atoms with Crippen molar-refractivity contribution >= 4 is 41.0 Å². The van der Waals surface area contributed by atoms with Gasteiger partial charge in [-0.15, -0.1) is 0 Å². The molecule has 8 nitrogen and oxygen atoms in total. The predicted molar refractivity (Wildman–Crippen MR) is 81.4 cm³/mol. The van der Waals surface area contributed by atoms with Crippen molar-refractivity contribution in [1.29, 1.82) is 0 Å². The van der Waals surface area contributed by atoms with E-state index in [1.54, 1.807) is 18.2 Å². The topological polar surface area (TPSA) is 102 Å². The third kappa shape index (κ3) is 3.41. The van der Waals surface area contributed by atoms with Gasteiger partial charge < -0.3 is 0 Å². The zero-order chi connectivity index (χ0) is 16.3. The zero-order valence-electron chi connectivity index (χ0n) is 11.2. The van der Waals surface area contributed by atoms with Gasteiger partial charge >= 0.3 is 5.69 Å². The molecule has 1 heterocycles. The first-order valence-corrected chi connectivity index (χ1v) is 6.61. The van der Waals surface area contributed by atoms with E-state index in [1.807, 2.05) is 0 Å². The first-order chi connectivity index (χ1) is 10.4. The van der Waals surface area contributed by atoms with Gasteiger partial charge in [-0.2, -0.15) is 10.2 Å². The van der Waals surface area contributed by atoms with E-state index in [0.717, 1.165) is 6.20 Å². The Bertz CT molecular complexity index is 772. The van der Waals surface area contributed by atoms with Crippen LogP contribution in [0.1, 0.15) is 16.1 Å². The summed E-state index contributed by atoms with van der Waals surface area (Å²) in [6, 6.07) is 4.92. The second-order valence-electron chi connectivity index (χ2n) is 4.14. The maximum Gasteiger partial charge on any atom is 0.320 e. The van der Waals surface area contributed by atoms with Crippen molar-refractivity contribution in [2.75, 3.05) is 0 Å². The van der Waals surface area contributed by atoms with E-state index in [0.29, 0.717) is 10.6 Å². The van der Waals surface area contributed by atoms with Crippen LogP contribution >= 0.6 is 23.2 Å². The normalized spacial score (nSPS) is 10.9. The van der Waals surface area contributed by atoms with Gasteiger partial charge in [0.2, 0.25) is 5.69 Å². The molecule has 0 unspecified atom stereocenters. The van der Waals surface area contributed by atoms with Gasteiger partial charge in [0.05, 0.1) is 21.2 Å². The molecule has 0 bridgehead atoms. The summed E-state index contributed by atoms with van der Waals surface area (Å²) in [6.45, 7) is 0. The van der Waals surface area contributed by atoms with E-state index in [2.05, 4.69) is 15.6 Å². The predicted octanol–water partition coefficient (Wildman–Crippen LogP) is 2.40. The number of hydrogen-bond donors (Lipinski definition) is 1. The molecule has 10 heteroatoms. The van der Waals surface area contributed by atoms with Gasteiger partial charge in [0.1, 0.15) is 6.20 Å². The number of aromatic nitrogens is 2. The van der Waals surface area contributed by atoms with Crippen molar-refractivity contribution in [3.63, 3.8) is 0 Å². The van der Waals surface area contributed by atoms with Crippen LogP contribution < -0.4 is 5.43 Å². The number of carbonyl (C=O) groups is 1. The highest BCUT2D eigenvalue weighted by Gasteiger charge is 2.24. The van der Waals surface area contributed by atoms with Crippen LogP contribution in [0.2, 0.25) is 10.0 Å². The van der Waals surface area contributed by atoms with Crippen LogP contribution in [0, 0.1) is 10.1 Å². The SMILES string of the molecule is Cn1cc([N+](=O)[O-])c(C(=O)N/N=C/c2cccc(Cl)c2Cl)n1. The number of rotatable bonds is 4. The Morgan fingerprint density at radius 1 is 1.50 bits per heavy atom. The fraction of sp³-hybridized carbons (Fsp3) is 0.0833. The molecule has 0 spiro atoms. The van der Waals surface area contributed by atoms with Gasteiger partial charge in [0.15, 0.2) is 0 Å². The maximum atomic E-state index is 11.9. The summed E-state index contributed by atoms with van der Waals surface area (Å²) in [5.74, 6) is -0.804. The van der Waals surface area contributed by atoms with E-state index in [-0.39, 0.29) is 10.7 Å². The third-order valence-corrected chi connectivity index (χ3v) is 3.41. The Morgan fingerprint density at radius 3 is 2.91 bits per heavy atom. The van der Waals surface area contributed by atoms with Crippen LogP contribution in [0.3, 0.4) is 0 Å². The minimum Gasteiger partial charge on any atom is -0.268 e. The summed E-state index contributed by atoms with van der Waals surface area (Å²) in [4.78, 5) is 22.0. The Kier molecular flexibility index (Phi) is 4.74. The summed E-state index contributed by atoms with van der Waals surface area (Å²) in [5.41, 5.74) is 1.90. The average molecular weight is 342 g/mol. The molecule has 2 aromatic rings. The van der Waals surface area contributed by atoms with Gasteiger partial charge in [-0.1, -0.05) is 35.3 Å². The number of carbonyl (C=O) groups excluding carboxylic acids is 1. The van der Waals surface area contributed by atoms with E-state index in [9.17, 15) is 14.9 Å². The molecule has 0 fully saturated rings. The number of nitrogens with zero attached hydrogens (tertiary/aromatic N) is 4. The Labute approximate surface area is 134 Å². The molecule has 1 amide bonds. The number of benzene rings is 1. The molecule has 0 aliphatic carbocycles. The molecule has 22 heavy (non-hydrogen) atoms. The van der Waals surface area contributed by atoms with Crippen molar-refractivity contribution in [2.24, 2.45) is 12.1 Å². The summed E-state index contributed by atoms with van der Waals surface area (Å²) < 4.78 is 1.17. The molecular formula is C12H9Cl2N5O3. The van der Waals surface area contributed by atoms with E-state index >= 15 is 0 Å². The van der Waals surface area contributed by atoms with E-state index in [1.165, 1.54) is 17.9 Å². The molecule has 114 valence electrons. The van der Waals surface area contributed by atoms with Gasteiger partial charge in [-0.3, -0.25) is 19.6 Å². The minimum atomic E-state index is -0.804. The number of aryl methyl sites for hydroxylation is 1. The summed E-state index contributed by atoms with van der Waals surface area (Å²) in [5, 5.41) is 18.9. The maximum absolute atomic E-state index is 11.9. The number of nitro groups is 1. The van der Waals surface area contributed by atoms with Crippen molar-refractivity contribution in [1.82, 2.24) is 15.2 Å².